The van der Waals surface area contributed by atoms with Gasteiger partial charge in [0, 0.05) is 16.5 Å². The van der Waals surface area contributed by atoms with E-state index < -0.39 is 0 Å². The average molecular weight is 514 g/mol. The van der Waals surface area contributed by atoms with Crippen molar-refractivity contribution in [1.82, 2.24) is 4.57 Å². The molecule has 0 bridgehead atoms. The smallest absolute Gasteiger partial charge is 0.263 e. The number of pyridine rings is 1. The number of nitrogens with zero attached hydrogens (tertiary/aromatic N) is 1. The van der Waals surface area contributed by atoms with E-state index in [0.717, 1.165) is 33.3 Å². The Labute approximate surface area is 232 Å². The van der Waals surface area contributed by atoms with Crippen molar-refractivity contribution in [2.45, 2.75) is 6.92 Å². The molecule has 0 atom stereocenters. The molecule has 0 unspecified atom stereocenters. The predicted molar refractivity (Wildman–Crippen MR) is 172 cm³/mol. The summed E-state index contributed by atoms with van der Waals surface area (Å²) in [5.74, 6) is 0. The van der Waals surface area contributed by atoms with Gasteiger partial charge in [-0.05, 0) is 68.6 Å². The second-order valence-corrected chi connectivity index (χ2v) is 10.1. The number of fused-ring (bicyclic) bond motifs is 7. The Hall–Kier alpha value is -5.21. The highest BCUT2D eigenvalue weighted by Crippen LogP contribution is 2.38. The molecule has 0 saturated carbocycles. The highest BCUT2D eigenvalue weighted by molar-refractivity contribution is 6.25. The zero-order chi connectivity index (χ0) is 27.2. The van der Waals surface area contributed by atoms with E-state index >= 15 is 0 Å². The van der Waals surface area contributed by atoms with Crippen LogP contribution in [0.3, 0.4) is 0 Å². The lowest BCUT2D eigenvalue weighted by Gasteiger charge is -2.19. The molecule has 2 nitrogen and oxygen atoms in total. The van der Waals surface area contributed by atoms with Gasteiger partial charge in [-0.25, -0.2) is 0 Å². The maximum atomic E-state index is 14.1. The van der Waals surface area contributed by atoms with Gasteiger partial charge in [0.15, 0.2) is 0 Å². The summed E-state index contributed by atoms with van der Waals surface area (Å²) in [5.41, 5.74) is 5.21. The van der Waals surface area contributed by atoms with Crippen LogP contribution in [0.25, 0.3) is 72.2 Å². The molecule has 0 fully saturated rings. The molecular formula is C38H27NO. The number of allylic oxidation sites excluding steroid dienone is 1. The summed E-state index contributed by atoms with van der Waals surface area (Å²) in [5, 5.41) is 8.41. The molecule has 0 aliphatic carbocycles. The Morgan fingerprint density at radius 1 is 0.600 bits per heavy atom. The van der Waals surface area contributed by atoms with Gasteiger partial charge in [-0.2, -0.15) is 0 Å². The van der Waals surface area contributed by atoms with Gasteiger partial charge in [-0.1, -0.05) is 122 Å². The molecule has 0 amide bonds. The van der Waals surface area contributed by atoms with Gasteiger partial charge in [-0.3, -0.25) is 9.36 Å². The molecule has 0 saturated heterocycles. The van der Waals surface area contributed by atoms with Gasteiger partial charge in [-0.15, -0.1) is 0 Å². The number of benzene rings is 6. The summed E-state index contributed by atoms with van der Waals surface area (Å²) < 4.78 is 1.84. The fourth-order valence-corrected chi connectivity index (χ4v) is 6.16. The molecule has 0 aliphatic heterocycles. The van der Waals surface area contributed by atoms with Gasteiger partial charge in [0.1, 0.15) is 0 Å². The molecule has 0 aliphatic rings. The van der Waals surface area contributed by atoms with Crippen LogP contribution in [-0.4, -0.2) is 4.57 Å². The molecule has 0 N–H and O–H groups in total. The summed E-state index contributed by atoms with van der Waals surface area (Å²) in [7, 11) is 0. The van der Waals surface area contributed by atoms with Crippen molar-refractivity contribution >= 4 is 55.4 Å². The average Bonchev–Trinajstić information content (AvgIpc) is 3.01. The molecule has 0 radical (unpaired) electrons. The van der Waals surface area contributed by atoms with E-state index in [0.29, 0.717) is 5.56 Å². The van der Waals surface area contributed by atoms with Crippen LogP contribution in [0.15, 0.2) is 133 Å². The lowest BCUT2D eigenvalue weighted by molar-refractivity contribution is 1.04. The van der Waals surface area contributed by atoms with Crippen molar-refractivity contribution in [3.8, 4) is 16.8 Å². The van der Waals surface area contributed by atoms with Crippen LogP contribution in [0.2, 0.25) is 0 Å². The van der Waals surface area contributed by atoms with Crippen molar-refractivity contribution in [2.75, 3.05) is 0 Å². The third-order valence-electron chi connectivity index (χ3n) is 7.90. The molecule has 190 valence electrons. The fraction of sp³-hybridized carbons (Fsp3) is 0.0263. The summed E-state index contributed by atoms with van der Waals surface area (Å²) in [6.07, 6.45) is 5.64. The summed E-state index contributed by atoms with van der Waals surface area (Å²) >= 11 is 0. The van der Waals surface area contributed by atoms with Crippen molar-refractivity contribution in [1.29, 1.82) is 0 Å². The number of hydrogen-bond acceptors (Lipinski definition) is 1. The standard InChI is InChI=1S/C38H27NO/c1-3-13-28-26(4-2)38(40)39(37-21-12-10-19-34(28)37)36-20-11-9-14-27(36)25-22-23-33-31-17-6-5-15-29(31)30-16-7-8-18-32(30)35(33)24-25/h3-24H,2H2,1H3/b13-3-. The third kappa shape index (κ3) is 3.54. The molecule has 6 aromatic carbocycles. The van der Waals surface area contributed by atoms with E-state index in [1.165, 1.54) is 32.3 Å². The molecule has 7 aromatic rings. The molecule has 1 aromatic heterocycles. The van der Waals surface area contributed by atoms with Crippen molar-refractivity contribution < 1.29 is 0 Å². The lowest BCUT2D eigenvalue weighted by atomic mass is 9.91. The number of aromatic nitrogens is 1. The minimum Gasteiger partial charge on any atom is -0.276 e. The maximum absolute atomic E-state index is 14.1. The van der Waals surface area contributed by atoms with Crippen LogP contribution >= 0.6 is 0 Å². The van der Waals surface area contributed by atoms with Gasteiger partial charge < -0.3 is 0 Å². The predicted octanol–water partition coefficient (Wildman–Crippen LogP) is 9.79. The van der Waals surface area contributed by atoms with Gasteiger partial charge in [0.05, 0.1) is 11.2 Å². The van der Waals surface area contributed by atoms with E-state index in [4.69, 9.17) is 0 Å². The molecule has 2 heteroatoms. The quantitative estimate of drug-likeness (QED) is 0.215. The Bertz CT molecular complexity index is 2180. The highest BCUT2D eigenvalue weighted by atomic mass is 16.1. The van der Waals surface area contributed by atoms with Crippen LogP contribution < -0.4 is 5.56 Å². The Morgan fingerprint density at radius 2 is 1.15 bits per heavy atom. The largest absolute Gasteiger partial charge is 0.276 e. The Morgan fingerprint density at radius 3 is 1.80 bits per heavy atom. The van der Waals surface area contributed by atoms with Crippen LogP contribution in [-0.2, 0) is 0 Å². The molecule has 0 spiro atoms. The van der Waals surface area contributed by atoms with Gasteiger partial charge >= 0.3 is 0 Å². The Balaban J connectivity index is 1.56. The molecule has 7 rings (SSSR count). The number of para-hydroxylation sites is 2. The van der Waals surface area contributed by atoms with E-state index in [1.54, 1.807) is 6.08 Å². The van der Waals surface area contributed by atoms with Gasteiger partial charge in [0.25, 0.3) is 5.56 Å². The molecular weight excluding hydrogens is 486 g/mol. The fourth-order valence-electron chi connectivity index (χ4n) is 6.16. The molecule has 40 heavy (non-hydrogen) atoms. The van der Waals surface area contributed by atoms with E-state index in [2.05, 4.69) is 85.4 Å². The van der Waals surface area contributed by atoms with E-state index in [1.807, 2.05) is 60.0 Å². The van der Waals surface area contributed by atoms with Crippen molar-refractivity contribution in [2.24, 2.45) is 0 Å². The van der Waals surface area contributed by atoms with E-state index in [-0.39, 0.29) is 5.56 Å². The second kappa shape index (κ2) is 9.52. The zero-order valence-corrected chi connectivity index (χ0v) is 22.3. The normalized spacial score (nSPS) is 11.7. The van der Waals surface area contributed by atoms with Gasteiger partial charge in [0.2, 0.25) is 0 Å². The van der Waals surface area contributed by atoms with Crippen LogP contribution in [0.1, 0.15) is 18.1 Å². The first kappa shape index (κ1) is 23.9. The van der Waals surface area contributed by atoms with Crippen molar-refractivity contribution in [3.05, 3.63) is 149 Å². The lowest BCUT2D eigenvalue weighted by Crippen LogP contribution is -2.23. The highest BCUT2D eigenvalue weighted by Gasteiger charge is 2.18. The molecule has 1 heterocycles. The summed E-state index contributed by atoms with van der Waals surface area (Å²) in [4.78, 5) is 14.1. The minimum absolute atomic E-state index is 0.0773. The number of rotatable bonds is 4. The topological polar surface area (TPSA) is 22.0 Å². The van der Waals surface area contributed by atoms with E-state index in [9.17, 15) is 4.79 Å². The van der Waals surface area contributed by atoms with Crippen molar-refractivity contribution in [3.63, 3.8) is 0 Å². The minimum atomic E-state index is -0.0773. The summed E-state index contributed by atoms with van der Waals surface area (Å²) in [6, 6.07) is 40.2. The SMILES string of the molecule is C=Cc1c(/C=C\C)c2ccccc2n(-c2ccccc2-c2ccc3c4ccccc4c4ccccc4c3c2)c1=O. The zero-order valence-electron chi connectivity index (χ0n) is 22.3. The Kier molecular flexibility index (Phi) is 5.68. The van der Waals surface area contributed by atoms with Crippen LogP contribution in [0.4, 0.5) is 0 Å². The first-order valence-electron chi connectivity index (χ1n) is 13.6. The second-order valence-electron chi connectivity index (χ2n) is 10.1. The van der Waals surface area contributed by atoms with Crippen LogP contribution in [0, 0.1) is 0 Å². The maximum Gasteiger partial charge on any atom is 0.263 e. The number of hydrogen-bond donors (Lipinski definition) is 0. The summed E-state index contributed by atoms with van der Waals surface area (Å²) in [6.45, 7) is 5.96. The van der Waals surface area contributed by atoms with Crippen LogP contribution in [0.5, 0.6) is 0 Å². The first-order valence-corrected chi connectivity index (χ1v) is 13.6. The monoisotopic (exact) mass is 513 g/mol. The third-order valence-corrected chi connectivity index (χ3v) is 7.90. The first-order chi connectivity index (χ1) is 19.7.